The molecule has 1 aromatic carbocycles. The molecule has 2 aromatic rings. The summed E-state index contributed by atoms with van der Waals surface area (Å²) in [5, 5.41) is 2.89. The van der Waals surface area contributed by atoms with Crippen LogP contribution in [0.5, 0.6) is 5.75 Å². The second kappa shape index (κ2) is 6.23. The van der Waals surface area contributed by atoms with Gasteiger partial charge in [-0.25, -0.2) is 4.98 Å². The third-order valence-corrected chi connectivity index (χ3v) is 2.77. The first-order valence-electron chi connectivity index (χ1n) is 6.63. The highest BCUT2D eigenvalue weighted by molar-refractivity contribution is 5.94. The van der Waals surface area contributed by atoms with Gasteiger partial charge >= 0.3 is 0 Å². The fourth-order valence-electron chi connectivity index (χ4n) is 1.82. The molecule has 0 spiro atoms. The van der Waals surface area contributed by atoms with Crippen LogP contribution in [0.25, 0.3) is 0 Å². The fourth-order valence-corrected chi connectivity index (χ4v) is 1.82. The Kier molecular flexibility index (Phi) is 4.40. The minimum atomic E-state index is -0.163. The lowest BCUT2D eigenvalue weighted by molar-refractivity contribution is 0.0938. The minimum absolute atomic E-state index is 0.119. The summed E-state index contributed by atoms with van der Waals surface area (Å²) in [4.78, 5) is 19.2. The monoisotopic (exact) mass is 273 g/mol. The van der Waals surface area contributed by atoms with Crippen molar-refractivity contribution in [1.82, 2.24) is 15.3 Å². The quantitative estimate of drug-likeness (QED) is 0.880. The highest BCUT2D eigenvalue weighted by Gasteiger charge is 2.13. The average molecular weight is 273 g/mol. The van der Waals surface area contributed by atoms with E-state index in [0.717, 1.165) is 11.6 Å². The van der Waals surface area contributed by atoms with Gasteiger partial charge < -0.3 is 15.0 Å². The predicted molar refractivity (Wildman–Crippen MR) is 76.7 cm³/mol. The molecule has 0 saturated carbocycles. The zero-order valence-corrected chi connectivity index (χ0v) is 11.9. The van der Waals surface area contributed by atoms with Gasteiger partial charge in [0.25, 0.3) is 5.91 Å². The van der Waals surface area contributed by atoms with Crippen molar-refractivity contribution >= 4 is 5.91 Å². The van der Waals surface area contributed by atoms with E-state index >= 15 is 0 Å². The van der Waals surface area contributed by atoms with Crippen LogP contribution in [-0.4, -0.2) is 22.0 Å². The third kappa shape index (κ3) is 3.60. The largest absolute Gasteiger partial charge is 0.491 e. The molecule has 0 saturated heterocycles. The van der Waals surface area contributed by atoms with Gasteiger partial charge in [0.05, 0.1) is 12.1 Å². The Morgan fingerprint density at radius 3 is 2.50 bits per heavy atom. The molecule has 0 aliphatic carbocycles. The summed E-state index contributed by atoms with van der Waals surface area (Å²) in [6, 6.07) is 6.94. The van der Waals surface area contributed by atoms with Crippen molar-refractivity contribution in [3.63, 3.8) is 0 Å². The summed E-state index contributed by atoms with van der Waals surface area (Å²) in [6.07, 6.45) is 3.51. The zero-order chi connectivity index (χ0) is 14.5. The summed E-state index contributed by atoms with van der Waals surface area (Å²) in [7, 11) is 0. The van der Waals surface area contributed by atoms with Gasteiger partial charge in [0, 0.05) is 18.0 Å². The lowest BCUT2D eigenvalue weighted by atomic mass is 10.2. The summed E-state index contributed by atoms with van der Waals surface area (Å²) in [5.74, 6) is 1.36. The molecular formula is C15H19N3O2. The van der Waals surface area contributed by atoms with E-state index in [2.05, 4.69) is 15.3 Å². The number of amides is 1. The number of hydrogen-bond acceptors (Lipinski definition) is 3. The SMILES string of the molecule is CC(C)Oc1ccc(C(=O)NC(C)c2ncc[nH]2)cc1. The van der Waals surface area contributed by atoms with Gasteiger partial charge in [-0.05, 0) is 45.0 Å². The zero-order valence-electron chi connectivity index (χ0n) is 11.9. The molecule has 0 aliphatic heterocycles. The van der Waals surface area contributed by atoms with E-state index in [1.54, 1.807) is 36.7 Å². The predicted octanol–water partition coefficient (Wildman–Crippen LogP) is 2.69. The van der Waals surface area contributed by atoms with Crippen LogP contribution in [0, 0.1) is 0 Å². The topological polar surface area (TPSA) is 67.0 Å². The molecule has 1 unspecified atom stereocenters. The van der Waals surface area contributed by atoms with Crippen LogP contribution in [-0.2, 0) is 0 Å². The van der Waals surface area contributed by atoms with Gasteiger partial charge in [-0.15, -0.1) is 0 Å². The van der Waals surface area contributed by atoms with E-state index in [4.69, 9.17) is 4.74 Å². The van der Waals surface area contributed by atoms with Gasteiger partial charge in [0.1, 0.15) is 11.6 Å². The summed E-state index contributed by atoms with van der Waals surface area (Å²) < 4.78 is 5.54. The number of nitrogens with one attached hydrogen (secondary N) is 2. The van der Waals surface area contributed by atoms with Crippen LogP contribution >= 0.6 is 0 Å². The minimum Gasteiger partial charge on any atom is -0.491 e. The molecule has 1 aromatic heterocycles. The Morgan fingerprint density at radius 2 is 1.95 bits per heavy atom. The summed E-state index contributed by atoms with van der Waals surface area (Å²) in [6.45, 7) is 5.81. The summed E-state index contributed by atoms with van der Waals surface area (Å²) >= 11 is 0. The van der Waals surface area contributed by atoms with Gasteiger partial charge in [0.2, 0.25) is 0 Å². The Balaban J connectivity index is 1.99. The van der Waals surface area contributed by atoms with E-state index < -0.39 is 0 Å². The van der Waals surface area contributed by atoms with Crippen LogP contribution < -0.4 is 10.1 Å². The highest BCUT2D eigenvalue weighted by Crippen LogP contribution is 2.15. The lowest BCUT2D eigenvalue weighted by Crippen LogP contribution is -2.27. The molecule has 1 atom stereocenters. The number of ether oxygens (including phenoxy) is 1. The Bertz CT molecular complexity index is 547. The second-order valence-corrected chi connectivity index (χ2v) is 4.86. The number of carbonyl (C=O) groups is 1. The molecule has 0 radical (unpaired) electrons. The molecule has 5 heteroatoms. The first-order chi connectivity index (χ1) is 9.56. The van der Waals surface area contributed by atoms with Crippen molar-refractivity contribution in [3.05, 3.63) is 48.0 Å². The smallest absolute Gasteiger partial charge is 0.251 e. The average Bonchev–Trinajstić information content (AvgIpc) is 2.92. The molecule has 1 heterocycles. The van der Waals surface area contributed by atoms with Gasteiger partial charge in [0.15, 0.2) is 0 Å². The van der Waals surface area contributed by atoms with Gasteiger partial charge in [-0.2, -0.15) is 0 Å². The molecule has 0 aliphatic rings. The van der Waals surface area contributed by atoms with Gasteiger partial charge in [-0.1, -0.05) is 0 Å². The first-order valence-corrected chi connectivity index (χ1v) is 6.63. The van der Waals surface area contributed by atoms with Crippen LogP contribution in [0.3, 0.4) is 0 Å². The van der Waals surface area contributed by atoms with Crippen LogP contribution in [0.2, 0.25) is 0 Å². The number of H-pyrrole nitrogens is 1. The van der Waals surface area contributed by atoms with Crippen LogP contribution in [0.15, 0.2) is 36.7 Å². The maximum absolute atomic E-state index is 12.1. The maximum atomic E-state index is 12.1. The molecule has 0 bridgehead atoms. The number of imidazole rings is 1. The van der Waals surface area contributed by atoms with Crippen molar-refractivity contribution in [1.29, 1.82) is 0 Å². The maximum Gasteiger partial charge on any atom is 0.251 e. The first kappa shape index (κ1) is 14.1. The Labute approximate surface area is 118 Å². The van der Waals surface area contributed by atoms with E-state index in [1.807, 2.05) is 20.8 Å². The van der Waals surface area contributed by atoms with Crippen molar-refractivity contribution in [3.8, 4) is 5.75 Å². The molecule has 2 rings (SSSR count). The van der Waals surface area contributed by atoms with Crippen molar-refractivity contribution in [2.45, 2.75) is 32.9 Å². The van der Waals surface area contributed by atoms with Gasteiger partial charge in [-0.3, -0.25) is 4.79 Å². The van der Waals surface area contributed by atoms with Crippen molar-refractivity contribution < 1.29 is 9.53 Å². The highest BCUT2D eigenvalue weighted by atomic mass is 16.5. The fraction of sp³-hybridized carbons (Fsp3) is 0.333. The number of nitrogens with zero attached hydrogens (tertiary/aromatic N) is 1. The number of aromatic nitrogens is 2. The number of hydrogen-bond donors (Lipinski definition) is 2. The molecule has 106 valence electrons. The number of carbonyl (C=O) groups excluding carboxylic acids is 1. The molecule has 0 fully saturated rings. The molecule has 1 amide bonds. The molecular weight excluding hydrogens is 254 g/mol. The lowest BCUT2D eigenvalue weighted by Gasteiger charge is -2.12. The van der Waals surface area contributed by atoms with Crippen molar-refractivity contribution in [2.24, 2.45) is 0 Å². The van der Waals surface area contributed by atoms with Crippen molar-refractivity contribution in [2.75, 3.05) is 0 Å². The van der Waals surface area contributed by atoms with E-state index in [9.17, 15) is 4.79 Å². The number of rotatable bonds is 5. The van der Waals surface area contributed by atoms with Crippen LogP contribution in [0.4, 0.5) is 0 Å². The third-order valence-electron chi connectivity index (χ3n) is 2.77. The molecule has 20 heavy (non-hydrogen) atoms. The molecule has 2 N–H and O–H groups in total. The molecule has 5 nitrogen and oxygen atoms in total. The van der Waals surface area contributed by atoms with Crippen LogP contribution in [0.1, 0.15) is 43.0 Å². The Morgan fingerprint density at radius 1 is 1.25 bits per heavy atom. The normalized spacial score (nSPS) is 12.2. The van der Waals surface area contributed by atoms with E-state index in [-0.39, 0.29) is 18.1 Å². The standard InChI is InChI=1S/C15H19N3O2/c1-10(2)20-13-6-4-12(5-7-13)15(19)18-11(3)14-16-8-9-17-14/h4-11H,1-3H3,(H,16,17)(H,18,19). The van der Waals surface area contributed by atoms with E-state index in [1.165, 1.54) is 0 Å². The number of aromatic amines is 1. The van der Waals surface area contributed by atoms with E-state index in [0.29, 0.717) is 5.56 Å². The summed E-state index contributed by atoms with van der Waals surface area (Å²) in [5.41, 5.74) is 0.597. The second-order valence-electron chi connectivity index (χ2n) is 4.86. The number of benzene rings is 1. The Hall–Kier alpha value is -2.30.